The number of pyridine rings is 1. The van der Waals surface area contributed by atoms with Gasteiger partial charge in [0.15, 0.2) is 0 Å². The van der Waals surface area contributed by atoms with Gasteiger partial charge in [-0.15, -0.1) is 0 Å². The number of hydrogen-bond donors (Lipinski definition) is 1. The fraction of sp³-hybridized carbons (Fsp3) is 0.250. The van der Waals surface area contributed by atoms with E-state index < -0.39 is 0 Å². The minimum Gasteiger partial charge on any atom is -0.330 e. The van der Waals surface area contributed by atoms with Gasteiger partial charge in [-0.3, -0.25) is 4.98 Å². The summed E-state index contributed by atoms with van der Waals surface area (Å²) in [6.07, 6.45) is 0.878. The lowest BCUT2D eigenvalue weighted by atomic mass is 10.1. The van der Waals surface area contributed by atoms with Crippen LogP contribution in [0, 0.1) is 6.92 Å². The van der Waals surface area contributed by atoms with Gasteiger partial charge in [0, 0.05) is 11.1 Å². The maximum Gasteiger partial charge on any atom is 0.0722 e. The molecule has 0 aliphatic rings. The van der Waals surface area contributed by atoms with Crippen molar-refractivity contribution < 1.29 is 0 Å². The summed E-state index contributed by atoms with van der Waals surface area (Å²) < 4.78 is 0. The molecule has 0 saturated heterocycles. The molecule has 1 aromatic carbocycles. The molecule has 3 heteroatoms. The molecule has 0 atom stereocenters. The third-order valence-corrected chi connectivity index (χ3v) is 2.70. The molecule has 2 aromatic rings. The van der Waals surface area contributed by atoms with Gasteiger partial charge in [-0.1, -0.05) is 23.7 Å². The van der Waals surface area contributed by atoms with Crippen molar-refractivity contribution >= 4 is 22.5 Å². The number of nitrogens with two attached hydrogens (primary N) is 1. The van der Waals surface area contributed by atoms with Gasteiger partial charge in [-0.2, -0.15) is 0 Å². The molecule has 78 valence electrons. The molecule has 1 heterocycles. The molecule has 2 rings (SSSR count). The van der Waals surface area contributed by atoms with Crippen molar-refractivity contribution in [2.75, 3.05) is 6.54 Å². The number of hydrogen-bond acceptors (Lipinski definition) is 2. The van der Waals surface area contributed by atoms with Crippen LogP contribution in [0.2, 0.25) is 5.02 Å². The number of halogens is 1. The molecule has 15 heavy (non-hydrogen) atoms. The highest BCUT2D eigenvalue weighted by atomic mass is 35.5. The SMILES string of the molecule is Cc1cc(Cl)c2ccc(CCN)cc2n1. The molecule has 2 nitrogen and oxygen atoms in total. The van der Waals surface area contributed by atoms with Crippen LogP contribution in [0.4, 0.5) is 0 Å². The summed E-state index contributed by atoms with van der Waals surface area (Å²) in [6, 6.07) is 8.00. The molecule has 0 aliphatic carbocycles. The van der Waals surface area contributed by atoms with Crippen LogP contribution in [-0.2, 0) is 6.42 Å². The van der Waals surface area contributed by atoms with Gasteiger partial charge < -0.3 is 5.73 Å². The van der Waals surface area contributed by atoms with Crippen LogP contribution in [0.15, 0.2) is 24.3 Å². The number of benzene rings is 1. The van der Waals surface area contributed by atoms with Gasteiger partial charge in [-0.25, -0.2) is 0 Å². The lowest BCUT2D eigenvalue weighted by Gasteiger charge is -2.04. The zero-order valence-corrected chi connectivity index (χ0v) is 9.38. The van der Waals surface area contributed by atoms with Crippen molar-refractivity contribution in [3.63, 3.8) is 0 Å². The monoisotopic (exact) mass is 220 g/mol. The second-order valence-electron chi connectivity index (χ2n) is 3.64. The van der Waals surface area contributed by atoms with Crippen LogP contribution in [0.25, 0.3) is 10.9 Å². The Kier molecular flexibility index (Phi) is 2.89. The third-order valence-electron chi connectivity index (χ3n) is 2.38. The molecule has 0 unspecified atom stereocenters. The van der Waals surface area contributed by atoms with E-state index in [9.17, 15) is 0 Å². The standard InChI is InChI=1S/C12H13ClN2/c1-8-6-11(13)10-3-2-9(4-5-14)7-12(10)15-8/h2-3,6-7H,4-5,14H2,1H3. The van der Waals surface area contributed by atoms with E-state index >= 15 is 0 Å². The zero-order valence-electron chi connectivity index (χ0n) is 8.63. The van der Waals surface area contributed by atoms with Crippen molar-refractivity contribution in [1.82, 2.24) is 4.98 Å². The molecular weight excluding hydrogens is 208 g/mol. The lowest BCUT2D eigenvalue weighted by Crippen LogP contribution is -2.02. The maximum absolute atomic E-state index is 6.13. The highest BCUT2D eigenvalue weighted by molar-refractivity contribution is 6.35. The van der Waals surface area contributed by atoms with Gasteiger partial charge in [0.1, 0.15) is 0 Å². The molecule has 0 radical (unpaired) electrons. The summed E-state index contributed by atoms with van der Waals surface area (Å²) in [5, 5.41) is 1.76. The molecule has 0 amide bonds. The highest BCUT2D eigenvalue weighted by Crippen LogP contribution is 2.23. The van der Waals surface area contributed by atoms with Gasteiger partial charge in [0.2, 0.25) is 0 Å². The topological polar surface area (TPSA) is 38.9 Å². The molecule has 1 aromatic heterocycles. The van der Waals surface area contributed by atoms with Gasteiger partial charge in [0.05, 0.1) is 10.5 Å². The minimum absolute atomic E-state index is 0.658. The van der Waals surface area contributed by atoms with Crippen molar-refractivity contribution in [2.24, 2.45) is 5.73 Å². The second-order valence-corrected chi connectivity index (χ2v) is 4.04. The fourth-order valence-corrected chi connectivity index (χ4v) is 1.99. The number of aromatic nitrogens is 1. The van der Waals surface area contributed by atoms with Crippen molar-refractivity contribution in [3.8, 4) is 0 Å². The van der Waals surface area contributed by atoms with Crippen molar-refractivity contribution in [3.05, 3.63) is 40.5 Å². The van der Waals surface area contributed by atoms with E-state index in [0.717, 1.165) is 28.0 Å². The second kappa shape index (κ2) is 4.17. The van der Waals surface area contributed by atoms with Crippen LogP contribution in [0.3, 0.4) is 0 Å². The molecule has 0 saturated carbocycles. The summed E-state index contributed by atoms with van der Waals surface area (Å²) in [5.74, 6) is 0. The number of fused-ring (bicyclic) bond motifs is 1. The highest BCUT2D eigenvalue weighted by Gasteiger charge is 2.02. The Bertz CT molecular complexity index is 494. The zero-order chi connectivity index (χ0) is 10.8. The number of nitrogens with zero attached hydrogens (tertiary/aromatic N) is 1. The van der Waals surface area contributed by atoms with E-state index in [1.54, 1.807) is 0 Å². The molecule has 0 spiro atoms. The summed E-state index contributed by atoms with van der Waals surface area (Å²) in [4.78, 5) is 4.45. The maximum atomic E-state index is 6.13. The van der Waals surface area contributed by atoms with Crippen LogP contribution in [0.5, 0.6) is 0 Å². The molecule has 0 aliphatic heterocycles. The lowest BCUT2D eigenvalue weighted by molar-refractivity contribution is 0.970. The van der Waals surface area contributed by atoms with E-state index in [0.29, 0.717) is 6.54 Å². The first-order valence-electron chi connectivity index (χ1n) is 4.96. The Balaban J connectivity index is 2.60. The average molecular weight is 221 g/mol. The fourth-order valence-electron chi connectivity index (χ4n) is 1.68. The Labute approximate surface area is 94.1 Å². The van der Waals surface area contributed by atoms with Gasteiger partial charge in [0.25, 0.3) is 0 Å². The first-order chi connectivity index (χ1) is 7.20. The summed E-state index contributed by atoms with van der Waals surface area (Å²) in [6.45, 7) is 2.60. The van der Waals surface area contributed by atoms with E-state index in [4.69, 9.17) is 17.3 Å². The summed E-state index contributed by atoms with van der Waals surface area (Å²) in [5.41, 5.74) is 8.62. The Morgan fingerprint density at radius 1 is 1.33 bits per heavy atom. The van der Waals surface area contributed by atoms with Crippen LogP contribution in [-0.4, -0.2) is 11.5 Å². The van der Waals surface area contributed by atoms with E-state index in [-0.39, 0.29) is 0 Å². The van der Waals surface area contributed by atoms with E-state index in [1.165, 1.54) is 5.56 Å². The van der Waals surface area contributed by atoms with Gasteiger partial charge in [-0.05, 0) is 37.6 Å². The van der Waals surface area contributed by atoms with Crippen LogP contribution < -0.4 is 5.73 Å². The minimum atomic E-state index is 0.658. The Morgan fingerprint density at radius 3 is 2.87 bits per heavy atom. The van der Waals surface area contributed by atoms with Gasteiger partial charge >= 0.3 is 0 Å². The van der Waals surface area contributed by atoms with Crippen molar-refractivity contribution in [1.29, 1.82) is 0 Å². The van der Waals surface area contributed by atoms with Crippen LogP contribution in [0.1, 0.15) is 11.3 Å². The molecular formula is C12H13ClN2. The average Bonchev–Trinajstić information content (AvgIpc) is 2.17. The first-order valence-corrected chi connectivity index (χ1v) is 5.34. The smallest absolute Gasteiger partial charge is 0.0722 e. The quantitative estimate of drug-likeness (QED) is 0.845. The van der Waals surface area contributed by atoms with Crippen LogP contribution >= 0.6 is 11.6 Å². The Morgan fingerprint density at radius 2 is 2.13 bits per heavy atom. The molecule has 2 N–H and O–H groups in total. The largest absolute Gasteiger partial charge is 0.330 e. The predicted octanol–water partition coefficient (Wildman–Crippen LogP) is 2.70. The normalized spacial score (nSPS) is 10.9. The van der Waals surface area contributed by atoms with E-state index in [2.05, 4.69) is 17.1 Å². The Hall–Kier alpha value is -1.12. The summed E-state index contributed by atoms with van der Waals surface area (Å²) in [7, 11) is 0. The predicted molar refractivity (Wildman–Crippen MR) is 64.2 cm³/mol. The number of aryl methyl sites for hydroxylation is 1. The first kappa shape index (κ1) is 10.4. The van der Waals surface area contributed by atoms with E-state index in [1.807, 2.05) is 19.1 Å². The third kappa shape index (κ3) is 2.11. The molecule has 0 bridgehead atoms. The summed E-state index contributed by atoms with van der Waals surface area (Å²) >= 11 is 6.13. The van der Waals surface area contributed by atoms with Crippen molar-refractivity contribution in [2.45, 2.75) is 13.3 Å². The number of rotatable bonds is 2. The molecule has 0 fully saturated rings.